The van der Waals surface area contributed by atoms with Crippen LogP contribution in [0.15, 0.2) is 42.9 Å². The van der Waals surface area contributed by atoms with Gasteiger partial charge in [-0.3, -0.25) is 14.5 Å². The van der Waals surface area contributed by atoms with E-state index in [2.05, 4.69) is 15.2 Å². The molecule has 2 N–H and O–H groups in total. The fraction of sp³-hybridized carbons (Fsp3) is 0.292. The Morgan fingerprint density at radius 2 is 1.97 bits per heavy atom. The van der Waals surface area contributed by atoms with Crippen molar-refractivity contribution in [2.24, 2.45) is 0 Å². The predicted octanol–water partition coefficient (Wildman–Crippen LogP) is 2.95. The molecule has 1 atom stereocenters. The van der Waals surface area contributed by atoms with Crippen molar-refractivity contribution in [3.8, 4) is 28.3 Å². The van der Waals surface area contributed by atoms with Crippen molar-refractivity contribution in [3.05, 3.63) is 54.1 Å². The lowest BCUT2D eigenvalue weighted by Gasteiger charge is -2.40. The molecule has 3 heterocycles. The van der Waals surface area contributed by atoms with Crippen LogP contribution in [0.1, 0.15) is 22.5 Å². The summed E-state index contributed by atoms with van der Waals surface area (Å²) in [4.78, 5) is 19.4. The molecule has 4 aromatic rings. The van der Waals surface area contributed by atoms with Gasteiger partial charge in [0.15, 0.2) is 0 Å². The summed E-state index contributed by atoms with van der Waals surface area (Å²) in [5, 5.41) is 16.6. The number of aromatic amines is 1. The molecule has 33 heavy (non-hydrogen) atoms. The fourth-order valence-electron chi connectivity index (χ4n) is 4.32. The molecule has 9 heteroatoms. The summed E-state index contributed by atoms with van der Waals surface area (Å²) in [5.41, 5.74) is 5.91. The number of carbonyl (C=O) groups excluding carboxylic acids is 1. The van der Waals surface area contributed by atoms with Gasteiger partial charge in [-0.25, -0.2) is 4.98 Å². The van der Waals surface area contributed by atoms with E-state index in [0.29, 0.717) is 23.6 Å². The van der Waals surface area contributed by atoms with E-state index in [1.807, 2.05) is 29.7 Å². The minimum Gasteiger partial charge on any atom is -0.496 e. The molecular weight excluding hydrogens is 422 g/mol. The number of likely N-dealkylation sites (tertiary alicyclic amines) is 1. The van der Waals surface area contributed by atoms with Gasteiger partial charge in [0.1, 0.15) is 23.4 Å². The summed E-state index contributed by atoms with van der Waals surface area (Å²) < 4.78 is 13.1. The van der Waals surface area contributed by atoms with Crippen molar-refractivity contribution in [1.29, 1.82) is 0 Å². The van der Waals surface area contributed by atoms with Gasteiger partial charge in [0.2, 0.25) is 0 Å². The molecular formula is C24H25N5O4. The molecule has 9 nitrogen and oxygen atoms in total. The zero-order chi connectivity index (χ0) is 23.1. The van der Waals surface area contributed by atoms with Gasteiger partial charge in [-0.05, 0) is 31.0 Å². The van der Waals surface area contributed by atoms with Crippen LogP contribution in [0.4, 0.5) is 0 Å². The molecule has 2 aromatic heterocycles. The van der Waals surface area contributed by atoms with E-state index in [1.165, 1.54) is 14.2 Å². The van der Waals surface area contributed by atoms with Gasteiger partial charge in [0.25, 0.3) is 5.91 Å². The monoisotopic (exact) mass is 447 g/mol. The molecule has 1 fully saturated rings. The van der Waals surface area contributed by atoms with Gasteiger partial charge >= 0.3 is 0 Å². The summed E-state index contributed by atoms with van der Waals surface area (Å²) in [5.74, 6) is 0.604. The van der Waals surface area contributed by atoms with Crippen LogP contribution in [-0.4, -0.2) is 69.1 Å². The number of nitrogens with one attached hydrogen (secondary N) is 1. The summed E-state index contributed by atoms with van der Waals surface area (Å²) in [6.07, 6.45) is 4.33. The third-order valence-corrected chi connectivity index (χ3v) is 6.29. The number of carbonyl (C=O) groups is 1. The molecule has 1 aliphatic heterocycles. The number of imidazole rings is 1. The van der Waals surface area contributed by atoms with Crippen molar-refractivity contribution in [3.63, 3.8) is 0 Å². The smallest absolute Gasteiger partial charge is 0.261 e. The summed E-state index contributed by atoms with van der Waals surface area (Å²) in [7, 11) is 3.06. The predicted molar refractivity (Wildman–Crippen MR) is 123 cm³/mol. The highest BCUT2D eigenvalue weighted by Crippen LogP contribution is 2.36. The van der Waals surface area contributed by atoms with Gasteiger partial charge in [-0.15, -0.1) is 0 Å². The second-order valence-electron chi connectivity index (χ2n) is 8.08. The fourth-order valence-corrected chi connectivity index (χ4v) is 4.32. The molecule has 1 amide bonds. The van der Waals surface area contributed by atoms with E-state index >= 15 is 0 Å². The van der Waals surface area contributed by atoms with Gasteiger partial charge < -0.3 is 19.5 Å². The van der Waals surface area contributed by atoms with Crippen LogP contribution in [0, 0.1) is 6.92 Å². The molecule has 2 aromatic carbocycles. The first-order chi connectivity index (χ1) is 16.0. The van der Waals surface area contributed by atoms with Gasteiger partial charge in [-0.2, -0.15) is 5.10 Å². The first-order valence-corrected chi connectivity index (χ1v) is 10.7. The average molecular weight is 447 g/mol. The van der Waals surface area contributed by atoms with E-state index in [0.717, 1.165) is 40.0 Å². The number of aliphatic hydroxyl groups excluding tert-OH is 1. The quantitative estimate of drug-likeness (QED) is 0.471. The number of hydrogen-bond acceptors (Lipinski definition) is 6. The summed E-state index contributed by atoms with van der Waals surface area (Å²) in [6.45, 7) is 2.52. The number of amides is 1. The van der Waals surface area contributed by atoms with Crippen LogP contribution >= 0.6 is 0 Å². The Bertz CT molecular complexity index is 1310. The van der Waals surface area contributed by atoms with Crippen molar-refractivity contribution >= 4 is 16.9 Å². The van der Waals surface area contributed by atoms with Crippen LogP contribution in [0.25, 0.3) is 27.8 Å². The summed E-state index contributed by atoms with van der Waals surface area (Å²) in [6, 6.07) is 9.50. The van der Waals surface area contributed by atoms with Crippen LogP contribution < -0.4 is 9.47 Å². The van der Waals surface area contributed by atoms with E-state index in [-0.39, 0.29) is 18.6 Å². The average Bonchev–Trinajstić information content (AvgIpc) is 3.43. The van der Waals surface area contributed by atoms with Crippen molar-refractivity contribution in [1.82, 2.24) is 24.6 Å². The maximum absolute atomic E-state index is 13.2. The number of benzene rings is 2. The molecule has 0 bridgehead atoms. The highest BCUT2D eigenvalue weighted by atomic mass is 16.5. The maximum Gasteiger partial charge on any atom is 0.261 e. The van der Waals surface area contributed by atoms with E-state index in [4.69, 9.17) is 9.47 Å². The summed E-state index contributed by atoms with van der Waals surface area (Å²) >= 11 is 0. The number of hydrogen-bond donors (Lipinski definition) is 2. The van der Waals surface area contributed by atoms with E-state index in [1.54, 1.807) is 29.6 Å². The molecule has 0 aliphatic carbocycles. The van der Waals surface area contributed by atoms with Crippen molar-refractivity contribution in [2.45, 2.75) is 19.4 Å². The van der Waals surface area contributed by atoms with Crippen LogP contribution in [0.5, 0.6) is 11.5 Å². The Hall–Kier alpha value is -3.85. The number of aliphatic hydroxyl groups is 1. The van der Waals surface area contributed by atoms with Gasteiger partial charge in [-0.1, -0.05) is 6.07 Å². The lowest BCUT2D eigenvalue weighted by Crippen LogP contribution is -2.53. The minimum atomic E-state index is -0.212. The number of aromatic nitrogens is 4. The highest BCUT2D eigenvalue weighted by molar-refractivity contribution is 6.01. The number of methoxy groups -OCH3 is 2. The molecule has 1 saturated heterocycles. The second-order valence-corrected chi connectivity index (χ2v) is 8.08. The number of fused-ring (bicyclic) bond motifs is 1. The van der Waals surface area contributed by atoms with Gasteiger partial charge in [0, 0.05) is 29.9 Å². The number of H-pyrrole nitrogens is 1. The highest BCUT2D eigenvalue weighted by Gasteiger charge is 2.35. The van der Waals surface area contributed by atoms with E-state index in [9.17, 15) is 9.90 Å². The third-order valence-electron chi connectivity index (χ3n) is 6.29. The minimum absolute atomic E-state index is 0.0597. The number of aryl methyl sites for hydroxylation is 1. The maximum atomic E-state index is 13.2. The van der Waals surface area contributed by atoms with Crippen LogP contribution in [0.3, 0.4) is 0 Å². The Balaban J connectivity index is 1.57. The standard InChI is InChI=1S/C24H25N5O4/c1-14-18(11-26-27-14)15-4-5-20-19(8-15)25-13-29(20)17-9-21(32-2)23(22(10-17)33-3)24(31)28-7-6-16(28)12-30/h4-5,8-11,13,16,30H,6-7,12H2,1-3H3,(H,26,27). The van der Waals surface area contributed by atoms with Crippen molar-refractivity contribution < 1.29 is 19.4 Å². The Morgan fingerprint density at radius 1 is 1.21 bits per heavy atom. The lowest BCUT2D eigenvalue weighted by atomic mass is 10.0. The van der Waals surface area contributed by atoms with Crippen LogP contribution in [0.2, 0.25) is 0 Å². The normalized spacial score (nSPS) is 15.5. The molecule has 1 aliphatic rings. The Kier molecular flexibility index (Phi) is 5.26. The number of nitrogens with zero attached hydrogens (tertiary/aromatic N) is 4. The Labute approximate surface area is 190 Å². The number of rotatable bonds is 6. The zero-order valence-electron chi connectivity index (χ0n) is 18.7. The van der Waals surface area contributed by atoms with Crippen molar-refractivity contribution in [2.75, 3.05) is 27.4 Å². The Morgan fingerprint density at radius 3 is 2.55 bits per heavy atom. The van der Waals surface area contributed by atoms with Gasteiger partial charge in [0.05, 0.1) is 49.8 Å². The molecule has 0 spiro atoms. The third kappa shape index (κ3) is 3.41. The topological polar surface area (TPSA) is 106 Å². The first-order valence-electron chi connectivity index (χ1n) is 10.7. The van der Waals surface area contributed by atoms with E-state index < -0.39 is 0 Å². The van der Waals surface area contributed by atoms with Crippen LogP contribution in [-0.2, 0) is 0 Å². The first kappa shape index (κ1) is 21.0. The molecule has 5 rings (SSSR count). The largest absolute Gasteiger partial charge is 0.496 e. The zero-order valence-corrected chi connectivity index (χ0v) is 18.7. The second kappa shape index (κ2) is 8.25. The lowest BCUT2D eigenvalue weighted by molar-refractivity contribution is 0.0290. The molecule has 170 valence electrons. The molecule has 0 saturated carbocycles. The molecule has 0 radical (unpaired) electrons. The SMILES string of the molecule is COc1cc(-n2cnc3cc(-c4cn[nH]c4C)ccc32)cc(OC)c1C(=O)N1CCC1CO. The molecule has 1 unspecified atom stereocenters. The number of ether oxygens (including phenoxy) is 2.